The highest BCUT2D eigenvalue weighted by molar-refractivity contribution is 5.85. The zero-order chi connectivity index (χ0) is 16.4. The largest absolute Gasteiger partial charge is 0.416 e. The fraction of sp³-hybridized carbons (Fsp3) is 0.444. The van der Waals surface area contributed by atoms with E-state index >= 15 is 0 Å². The van der Waals surface area contributed by atoms with Gasteiger partial charge in [-0.05, 0) is 44.9 Å². The molecule has 0 aliphatic carbocycles. The van der Waals surface area contributed by atoms with Crippen molar-refractivity contribution in [1.29, 1.82) is 0 Å². The Bertz CT molecular complexity index is 743. The van der Waals surface area contributed by atoms with Gasteiger partial charge in [-0.15, -0.1) is 0 Å². The molecule has 1 aromatic heterocycles. The summed E-state index contributed by atoms with van der Waals surface area (Å²) in [6.07, 6.45) is 0.475. The highest BCUT2D eigenvalue weighted by Gasteiger charge is 2.26. The molecule has 0 unspecified atom stereocenters. The molecule has 0 spiro atoms. The van der Waals surface area contributed by atoms with E-state index in [-0.39, 0.29) is 6.09 Å². The molecule has 1 aromatic carbocycles. The lowest BCUT2D eigenvalue weighted by Crippen LogP contribution is -2.38. The van der Waals surface area contributed by atoms with Crippen molar-refractivity contribution in [3.8, 4) is 5.88 Å². The average Bonchev–Trinajstić information content (AvgIpc) is 2.50. The summed E-state index contributed by atoms with van der Waals surface area (Å²) in [5.74, 6) is 0.440. The van der Waals surface area contributed by atoms with Gasteiger partial charge in [-0.25, -0.2) is 9.78 Å². The number of fused-ring (bicyclic) bond motifs is 2. The van der Waals surface area contributed by atoms with E-state index in [4.69, 9.17) is 9.47 Å². The fourth-order valence-corrected chi connectivity index (χ4v) is 2.97. The highest BCUT2D eigenvalue weighted by atomic mass is 16.6. The van der Waals surface area contributed by atoms with E-state index in [1.165, 1.54) is 5.56 Å². The number of benzene rings is 1. The molecule has 2 heterocycles. The van der Waals surface area contributed by atoms with Crippen LogP contribution in [0.3, 0.4) is 0 Å². The second-order valence-corrected chi connectivity index (χ2v) is 5.95. The third-order valence-electron chi connectivity index (χ3n) is 4.02. The zero-order valence-electron chi connectivity index (χ0n) is 13.9. The molecule has 5 nitrogen and oxygen atoms in total. The van der Waals surface area contributed by atoms with Crippen LogP contribution >= 0.6 is 0 Å². The predicted octanol–water partition coefficient (Wildman–Crippen LogP) is 3.59. The zero-order valence-corrected chi connectivity index (χ0v) is 13.9. The first-order valence-corrected chi connectivity index (χ1v) is 8.04. The lowest BCUT2D eigenvalue weighted by molar-refractivity contribution is 0.114. The molecular formula is C18H22N2O3. The van der Waals surface area contributed by atoms with Crippen LogP contribution in [0.15, 0.2) is 18.2 Å². The SMILES string of the molecule is CCOCCCN1Cc2cc3cc(C)cc(C)c3nc2OC1=O. The van der Waals surface area contributed by atoms with E-state index < -0.39 is 0 Å². The molecule has 0 N–H and O–H groups in total. The summed E-state index contributed by atoms with van der Waals surface area (Å²) in [4.78, 5) is 18.4. The molecule has 0 fully saturated rings. The Hall–Kier alpha value is -2.14. The molecule has 0 saturated carbocycles. The molecule has 122 valence electrons. The predicted molar refractivity (Wildman–Crippen MR) is 88.8 cm³/mol. The van der Waals surface area contributed by atoms with Crippen LogP contribution in [-0.2, 0) is 11.3 Å². The monoisotopic (exact) mass is 314 g/mol. The number of rotatable bonds is 5. The molecule has 23 heavy (non-hydrogen) atoms. The Morgan fingerprint density at radius 3 is 2.91 bits per heavy atom. The van der Waals surface area contributed by atoms with Crippen LogP contribution in [0.2, 0.25) is 0 Å². The van der Waals surface area contributed by atoms with Crippen LogP contribution in [0.25, 0.3) is 10.9 Å². The molecule has 0 saturated heterocycles. The summed E-state index contributed by atoms with van der Waals surface area (Å²) in [5, 5.41) is 1.09. The minimum absolute atomic E-state index is 0.328. The van der Waals surface area contributed by atoms with Gasteiger partial charge < -0.3 is 14.4 Å². The molecule has 1 aliphatic heterocycles. The first-order valence-electron chi connectivity index (χ1n) is 8.04. The van der Waals surface area contributed by atoms with E-state index in [1.54, 1.807) is 4.90 Å². The van der Waals surface area contributed by atoms with Crippen molar-refractivity contribution in [3.05, 3.63) is 34.9 Å². The number of ether oxygens (including phenoxy) is 2. The molecule has 1 amide bonds. The molecule has 0 radical (unpaired) electrons. The molecule has 0 bridgehead atoms. The maximum atomic E-state index is 12.1. The van der Waals surface area contributed by atoms with Gasteiger partial charge in [-0.1, -0.05) is 11.6 Å². The minimum atomic E-state index is -0.328. The topological polar surface area (TPSA) is 51.7 Å². The summed E-state index contributed by atoms with van der Waals surface area (Å²) in [5.41, 5.74) is 4.15. The number of hydrogen-bond donors (Lipinski definition) is 0. The number of carbonyl (C=O) groups is 1. The number of carbonyl (C=O) groups excluding carboxylic acids is 1. The summed E-state index contributed by atoms with van der Waals surface area (Å²) in [6.45, 7) is 8.58. The smallest absolute Gasteiger partial charge is 0.391 e. The van der Waals surface area contributed by atoms with Gasteiger partial charge in [-0.2, -0.15) is 0 Å². The molecule has 3 rings (SSSR count). The van der Waals surface area contributed by atoms with E-state index in [2.05, 4.69) is 30.1 Å². The number of aryl methyl sites for hydroxylation is 2. The lowest BCUT2D eigenvalue weighted by atomic mass is 10.0. The van der Waals surface area contributed by atoms with Crippen molar-refractivity contribution in [3.63, 3.8) is 0 Å². The standard InChI is InChI=1S/C18H22N2O3/c1-4-22-7-5-6-20-11-15-10-14-9-12(2)8-13(3)16(14)19-17(15)23-18(20)21/h8-10H,4-7,11H2,1-3H3. The van der Waals surface area contributed by atoms with E-state index in [1.807, 2.05) is 13.8 Å². The van der Waals surface area contributed by atoms with Crippen molar-refractivity contribution in [2.75, 3.05) is 19.8 Å². The number of aromatic nitrogens is 1. The number of nitrogens with zero attached hydrogens (tertiary/aromatic N) is 2. The summed E-state index contributed by atoms with van der Waals surface area (Å²) >= 11 is 0. The van der Waals surface area contributed by atoms with Crippen LogP contribution in [0, 0.1) is 13.8 Å². The maximum absolute atomic E-state index is 12.1. The first kappa shape index (κ1) is 15.7. The van der Waals surface area contributed by atoms with Crippen LogP contribution in [0.5, 0.6) is 5.88 Å². The molecule has 0 atom stereocenters. The van der Waals surface area contributed by atoms with Gasteiger partial charge in [0.25, 0.3) is 0 Å². The van der Waals surface area contributed by atoms with Gasteiger partial charge in [-0.3, -0.25) is 0 Å². The normalized spacial score (nSPS) is 14.0. The minimum Gasteiger partial charge on any atom is -0.391 e. The number of pyridine rings is 1. The van der Waals surface area contributed by atoms with Crippen LogP contribution in [0.1, 0.15) is 30.0 Å². The van der Waals surface area contributed by atoms with Gasteiger partial charge in [0.2, 0.25) is 5.88 Å². The maximum Gasteiger partial charge on any atom is 0.416 e. The van der Waals surface area contributed by atoms with Crippen LogP contribution in [-0.4, -0.2) is 35.7 Å². The Morgan fingerprint density at radius 1 is 1.30 bits per heavy atom. The van der Waals surface area contributed by atoms with Crippen molar-refractivity contribution >= 4 is 17.0 Å². The Labute approximate surface area is 136 Å². The molecular weight excluding hydrogens is 292 g/mol. The van der Waals surface area contributed by atoms with Gasteiger partial charge in [0.15, 0.2) is 0 Å². The second-order valence-electron chi connectivity index (χ2n) is 5.95. The first-order chi connectivity index (χ1) is 11.1. The third kappa shape index (κ3) is 3.29. The molecule has 2 aromatic rings. The molecule has 5 heteroatoms. The lowest BCUT2D eigenvalue weighted by Gasteiger charge is -2.27. The van der Waals surface area contributed by atoms with E-state index in [0.717, 1.165) is 28.5 Å². The summed E-state index contributed by atoms with van der Waals surface area (Å²) in [6, 6.07) is 6.29. The van der Waals surface area contributed by atoms with Crippen molar-refractivity contribution in [2.45, 2.75) is 33.7 Å². The number of amides is 1. The third-order valence-corrected chi connectivity index (χ3v) is 4.02. The van der Waals surface area contributed by atoms with Gasteiger partial charge in [0.05, 0.1) is 12.1 Å². The van der Waals surface area contributed by atoms with Crippen molar-refractivity contribution < 1.29 is 14.3 Å². The van der Waals surface area contributed by atoms with Crippen LogP contribution in [0.4, 0.5) is 4.79 Å². The van der Waals surface area contributed by atoms with Gasteiger partial charge in [0, 0.05) is 30.7 Å². The second kappa shape index (κ2) is 6.54. The highest BCUT2D eigenvalue weighted by Crippen LogP contribution is 2.29. The summed E-state index contributed by atoms with van der Waals surface area (Å²) < 4.78 is 10.8. The van der Waals surface area contributed by atoms with Gasteiger partial charge >= 0.3 is 6.09 Å². The Balaban J connectivity index is 1.84. The van der Waals surface area contributed by atoms with Crippen LogP contribution < -0.4 is 4.74 Å². The van der Waals surface area contributed by atoms with E-state index in [9.17, 15) is 4.79 Å². The van der Waals surface area contributed by atoms with Crippen molar-refractivity contribution in [2.24, 2.45) is 0 Å². The molecule has 1 aliphatic rings. The summed E-state index contributed by atoms with van der Waals surface area (Å²) in [7, 11) is 0. The van der Waals surface area contributed by atoms with Gasteiger partial charge in [0.1, 0.15) is 0 Å². The fourth-order valence-electron chi connectivity index (χ4n) is 2.97. The number of hydrogen-bond acceptors (Lipinski definition) is 4. The average molecular weight is 314 g/mol. The van der Waals surface area contributed by atoms with E-state index in [0.29, 0.717) is 32.2 Å². The Morgan fingerprint density at radius 2 is 2.13 bits per heavy atom. The van der Waals surface area contributed by atoms with Crippen molar-refractivity contribution in [1.82, 2.24) is 9.88 Å². The Kier molecular flexibility index (Phi) is 4.48. The quantitative estimate of drug-likeness (QED) is 0.791.